The maximum absolute atomic E-state index is 4.30. The van der Waals surface area contributed by atoms with Gasteiger partial charge in [-0.25, -0.2) is 0 Å². The van der Waals surface area contributed by atoms with E-state index in [1.807, 2.05) is 6.20 Å². The third kappa shape index (κ3) is 3.00. The van der Waals surface area contributed by atoms with Crippen LogP contribution in [0, 0.1) is 5.41 Å². The fourth-order valence-electron chi connectivity index (χ4n) is 2.40. The van der Waals surface area contributed by atoms with Gasteiger partial charge in [0.2, 0.25) is 0 Å². The Hall–Kier alpha value is -1.00. The molecule has 4 nitrogen and oxygen atoms in total. The molecule has 0 radical (unpaired) electrons. The van der Waals surface area contributed by atoms with Gasteiger partial charge in [-0.2, -0.15) is 0 Å². The summed E-state index contributed by atoms with van der Waals surface area (Å²) in [5.41, 5.74) is 1.45. The molecule has 1 atom stereocenters. The molecule has 0 saturated carbocycles. The summed E-state index contributed by atoms with van der Waals surface area (Å²) < 4.78 is 0. The SMILES string of the molecule is CN(Cc1cnccn1)CC1(C)CCNC1. The van der Waals surface area contributed by atoms with Gasteiger partial charge in [0.25, 0.3) is 0 Å². The van der Waals surface area contributed by atoms with Crippen molar-refractivity contribution in [1.82, 2.24) is 20.2 Å². The minimum Gasteiger partial charge on any atom is -0.316 e. The fourth-order valence-corrected chi connectivity index (χ4v) is 2.40. The molecule has 0 aliphatic carbocycles. The van der Waals surface area contributed by atoms with E-state index in [1.54, 1.807) is 12.4 Å². The van der Waals surface area contributed by atoms with Crippen molar-refractivity contribution in [2.75, 3.05) is 26.7 Å². The van der Waals surface area contributed by atoms with Crippen LogP contribution < -0.4 is 5.32 Å². The van der Waals surface area contributed by atoms with Crippen molar-refractivity contribution in [3.63, 3.8) is 0 Å². The van der Waals surface area contributed by atoms with Crippen LogP contribution in [-0.2, 0) is 6.54 Å². The van der Waals surface area contributed by atoms with Crippen LogP contribution in [0.5, 0.6) is 0 Å². The summed E-state index contributed by atoms with van der Waals surface area (Å²) in [5, 5.41) is 3.43. The van der Waals surface area contributed by atoms with Gasteiger partial charge in [0.15, 0.2) is 0 Å². The Kier molecular flexibility index (Phi) is 3.51. The van der Waals surface area contributed by atoms with Gasteiger partial charge in [0.05, 0.1) is 5.69 Å². The molecular weight excluding hydrogens is 200 g/mol. The molecule has 0 spiro atoms. The average molecular weight is 220 g/mol. The van der Waals surface area contributed by atoms with E-state index in [4.69, 9.17) is 0 Å². The Morgan fingerprint density at radius 2 is 2.38 bits per heavy atom. The van der Waals surface area contributed by atoms with E-state index in [1.165, 1.54) is 6.42 Å². The van der Waals surface area contributed by atoms with Gasteiger partial charge in [-0.15, -0.1) is 0 Å². The van der Waals surface area contributed by atoms with E-state index in [0.717, 1.165) is 31.9 Å². The van der Waals surface area contributed by atoms with E-state index in [9.17, 15) is 0 Å². The topological polar surface area (TPSA) is 41.1 Å². The second-order valence-corrected chi connectivity index (χ2v) is 5.11. The van der Waals surface area contributed by atoms with Crippen molar-refractivity contribution in [3.05, 3.63) is 24.3 Å². The molecule has 1 unspecified atom stereocenters. The summed E-state index contributed by atoms with van der Waals surface area (Å²) >= 11 is 0. The largest absolute Gasteiger partial charge is 0.316 e. The molecule has 1 aliphatic heterocycles. The van der Waals surface area contributed by atoms with E-state index >= 15 is 0 Å². The van der Waals surface area contributed by atoms with E-state index in [-0.39, 0.29) is 0 Å². The summed E-state index contributed by atoms with van der Waals surface area (Å²) in [5.74, 6) is 0. The van der Waals surface area contributed by atoms with Gasteiger partial charge < -0.3 is 5.32 Å². The number of rotatable bonds is 4. The minimum atomic E-state index is 0.414. The second kappa shape index (κ2) is 4.89. The number of hydrogen-bond donors (Lipinski definition) is 1. The quantitative estimate of drug-likeness (QED) is 0.819. The highest BCUT2D eigenvalue weighted by Gasteiger charge is 2.29. The third-order valence-corrected chi connectivity index (χ3v) is 3.16. The zero-order valence-electron chi connectivity index (χ0n) is 10.1. The van der Waals surface area contributed by atoms with Crippen LogP contribution in [0.3, 0.4) is 0 Å². The predicted molar refractivity (Wildman–Crippen MR) is 64.0 cm³/mol. The fraction of sp³-hybridized carbons (Fsp3) is 0.667. The van der Waals surface area contributed by atoms with Gasteiger partial charge in [0.1, 0.15) is 0 Å². The summed E-state index contributed by atoms with van der Waals surface area (Å²) in [6, 6.07) is 0. The van der Waals surface area contributed by atoms with Crippen LogP contribution in [0.25, 0.3) is 0 Å². The third-order valence-electron chi connectivity index (χ3n) is 3.16. The zero-order chi connectivity index (χ0) is 11.4. The van der Waals surface area contributed by atoms with Crippen LogP contribution in [0.1, 0.15) is 19.0 Å². The monoisotopic (exact) mass is 220 g/mol. The number of aromatic nitrogens is 2. The Morgan fingerprint density at radius 3 is 3.00 bits per heavy atom. The number of hydrogen-bond acceptors (Lipinski definition) is 4. The first-order valence-electron chi connectivity index (χ1n) is 5.82. The molecule has 1 aromatic heterocycles. The molecule has 1 saturated heterocycles. The van der Waals surface area contributed by atoms with Crippen molar-refractivity contribution >= 4 is 0 Å². The average Bonchev–Trinajstić information content (AvgIpc) is 2.66. The molecule has 4 heteroatoms. The predicted octanol–water partition coefficient (Wildman–Crippen LogP) is 0.908. The van der Waals surface area contributed by atoms with E-state index in [2.05, 4.69) is 34.2 Å². The Balaban J connectivity index is 1.86. The van der Waals surface area contributed by atoms with Crippen molar-refractivity contribution in [1.29, 1.82) is 0 Å². The van der Waals surface area contributed by atoms with Crippen LogP contribution in [0.15, 0.2) is 18.6 Å². The second-order valence-electron chi connectivity index (χ2n) is 5.11. The first kappa shape index (κ1) is 11.5. The highest BCUT2D eigenvalue weighted by Crippen LogP contribution is 2.25. The van der Waals surface area contributed by atoms with Gasteiger partial charge in [-0.3, -0.25) is 14.9 Å². The van der Waals surface area contributed by atoms with E-state index < -0.39 is 0 Å². The molecule has 1 fully saturated rings. The van der Waals surface area contributed by atoms with Crippen molar-refractivity contribution < 1.29 is 0 Å². The normalized spacial score (nSPS) is 25.2. The van der Waals surface area contributed by atoms with Gasteiger partial charge in [-0.1, -0.05) is 6.92 Å². The summed E-state index contributed by atoms with van der Waals surface area (Å²) in [6.07, 6.45) is 6.57. The van der Waals surface area contributed by atoms with Crippen LogP contribution in [-0.4, -0.2) is 41.5 Å². The molecule has 0 aromatic carbocycles. The molecule has 2 heterocycles. The van der Waals surface area contributed by atoms with Crippen molar-refractivity contribution in [3.8, 4) is 0 Å². The van der Waals surface area contributed by atoms with Crippen LogP contribution in [0.4, 0.5) is 0 Å². The van der Waals surface area contributed by atoms with Gasteiger partial charge >= 0.3 is 0 Å². The molecule has 0 amide bonds. The Labute approximate surface area is 97.1 Å². The zero-order valence-corrected chi connectivity index (χ0v) is 10.1. The van der Waals surface area contributed by atoms with Crippen LogP contribution in [0.2, 0.25) is 0 Å². The highest BCUT2D eigenvalue weighted by atomic mass is 15.1. The Morgan fingerprint density at radius 1 is 1.50 bits per heavy atom. The molecule has 16 heavy (non-hydrogen) atoms. The maximum Gasteiger partial charge on any atom is 0.0726 e. The number of nitrogens with zero attached hydrogens (tertiary/aromatic N) is 3. The Bertz CT molecular complexity index is 319. The summed E-state index contributed by atoms with van der Waals surface area (Å²) in [7, 11) is 2.15. The lowest BCUT2D eigenvalue weighted by molar-refractivity contribution is 0.201. The molecule has 2 rings (SSSR count). The molecular formula is C12H20N4. The lowest BCUT2D eigenvalue weighted by Gasteiger charge is -2.28. The number of nitrogens with one attached hydrogen (secondary N) is 1. The first-order chi connectivity index (χ1) is 7.68. The standard InChI is InChI=1S/C12H20N4/c1-12(3-4-14-9-12)10-16(2)8-11-7-13-5-6-15-11/h5-7,14H,3-4,8-10H2,1-2H3. The van der Waals surface area contributed by atoms with E-state index in [0.29, 0.717) is 5.41 Å². The summed E-state index contributed by atoms with van der Waals surface area (Å²) in [4.78, 5) is 10.7. The molecule has 0 bridgehead atoms. The smallest absolute Gasteiger partial charge is 0.0726 e. The highest BCUT2D eigenvalue weighted by molar-refractivity contribution is 4.95. The van der Waals surface area contributed by atoms with Crippen molar-refractivity contribution in [2.45, 2.75) is 19.9 Å². The first-order valence-corrected chi connectivity index (χ1v) is 5.82. The molecule has 1 aliphatic rings. The van der Waals surface area contributed by atoms with Crippen molar-refractivity contribution in [2.24, 2.45) is 5.41 Å². The summed E-state index contributed by atoms with van der Waals surface area (Å²) in [6.45, 7) is 6.60. The lowest BCUT2D eigenvalue weighted by atomic mass is 9.89. The maximum atomic E-state index is 4.30. The molecule has 1 aromatic rings. The van der Waals surface area contributed by atoms with Crippen LogP contribution >= 0.6 is 0 Å². The van der Waals surface area contributed by atoms with Gasteiger partial charge in [0, 0.05) is 38.2 Å². The minimum absolute atomic E-state index is 0.414. The molecule has 88 valence electrons. The molecule has 1 N–H and O–H groups in total. The lowest BCUT2D eigenvalue weighted by Crippen LogP contribution is -2.34. The van der Waals surface area contributed by atoms with Gasteiger partial charge in [-0.05, 0) is 25.4 Å².